The maximum absolute atomic E-state index is 11.2. The monoisotopic (exact) mass is 197 g/mol. The van der Waals surface area contributed by atoms with Crippen molar-refractivity contribution in [1.29, 1.82) is 0 Å². The number of aliphatic hydroxyl groups is 1. The minimum Gasteiger partial charge on any atom is -0.396 e. The smallest absolute Gasteiger partial charge is 0.220 e. The van der Waals surface area contributed by atoms with E-state index in [1.54, 1.807) is 0 Å². The van der Waals surface area contributed by atoms with Gasteiger partial charge in [-0.1, -0.05) is 13.3 Å². The Morgan fingerprint density at radius 3 is 2.86 bits per heavy atom. The number of nitrogens with one attached hydrogen (secondary N) is 1. The van der Waals surface area contributed by atoms with Crippen LogP contribution in [-0.2, 0) is 4.79 Å². The Balaban J connectivity index is 3.58. The summed E-state index contributed by atoms with van der Waals surface area (Å²) in [6.45, 7) is 2.87. The van der Waals surface area contributed by atoms with Crippen LogP contribution in [0.5, 0.6) is 0 Å². The molecule has 0 saturated carbocycles. The summed E-state index contributed by atoms with van der Waals surface area (Å²) in [5.74, 6) is 2.79. The molecule has 1 amide bonds. The van der Waals surface area contributed by atoms with E-state index in [0.29, 0.717) is 25.3 Å². The third kappa shape index (κ3) is 6.50. The maximum Gasteiger partial charge on any atom is 0.220 e. The van der Waals surface area contributed by atoms with Crippen LogP contribution in [0.25, 0.3) is 0 Å². The van der Waals surface area contributed by atoms with Crippen molar-refractivity contribution in [2.75, 3.05) is 13.2 Å². The summed E-state index contributed by atoms with van der Waals surface area (Å²) >= 11 is 0. The highest BCUT2D eigenvalue weighted by Gasteiger charge is 2.07. The van der Waals surface area contributed by atoms with Gasteiger partial charge in [-0.15, -0.1) is 12.3 Å². The number of carbonyl (C=O) groups excluding carboxylic acids is 1. The van der Waals surface area contributed by atoms with Gasteiger partial charge in [0.1, 0.15) is 0 Å². The Hall–Kier alpha value is -1.01. The molecule has 0 aliphatic rings. The molecule has 0 spiro atoms. The molecular weight excluding hydrogens is 178 g/mol. The Morgan fingerprint density at radius 2 is 2.36 bits per heavy atom. The predicted octanol–water partition coefficient (Wildman–Crippen LogP) is 0.925. The average molecular weight is 197 g/mol. The number of hydrogen-bond donors (Lipinski definition) is 2. The van der Waals surface area contributed by atoms with Crippen LogP contribution in [-0.4, -0.2) is 24.2 Å². The molecule has 0 bridgehead atoms. The molecule has 0 aliphatic carbocycles. The van der Waals surface area contributed by atoms with Crippen LogP contribution < -0.4 is 5.32 Å². The van der Waals surface area contributed by atoms with Crippen LogP contribution in [0.2, 0.25) is 0 Å². The third-order valence-electron chi connectivity index (χ3n) is 2.20. The second-order valence-corrected chi connectivity index (χ2v) is 3.29. The van der Waals surface area contributed by atoms with Gasteiger partial charge in [0.2, 0.25) is 5.91 Å². The summed E-state index contributed by atoms with van der Waals surface area (Å²) in [4.78, 5) is 11.2. The first kappa shape index (κ1) is 13.0. The van der Waals surface area contributed by atoms with Crippen molar-refractivity contribution >= 4 is 5.91 Å². The van der Waals surface area contributed by atoms with E-state index >= 15 is 0 Å². The Morgan fingerprint density at radius 1 is 1.64 bits per heavy atom. The summed E-state index contributed by atoms with van der Waals surface area (Å²) in [6.07, 6.45) is 7.64. The minimum absolute atomic E-state index is 0.000611. The molecule has 1 unspecified atom stereocenters. The number of aliphatic hydroxyl groups excluding tert-OH is 1. The van der Waals surface area contributed by atoms with Crippen LogP contribution in [0.15, 0.2) is 0 Å². The summed E-state index contributed by atoms with van der Waals surface area (Å²) in [5.41, 5.74) is 0. The highest BCUT2D eigenvalue weighted by molar-refractivity contribution is 5.76. The van der Waals surface area contributed by atoms with E-state index < -0.39 is 0 Å². The standard InChI is InChI=1S/C11H19NO2/c1-3-5-6-11(14)12-9-10(4-2)7-8-13/h1,10,13H,4-9H2,2H3,(H,12,14). The van der Waals surface area contributed by atoms with Gasteiger partial charge in [-0.3, -0.25) is 4.79 Å². The molecule has 0 radical (unpaired) electrons. The maximum atomic E-state index is 11.2. The lowest BCUT2D eigenvalue weighted by molar-refractivity contribution is -0.121. The van der Waals surface area contributed by atoms with Gasteiger partial charge in [0.15, 0.2) is 0 Å². The van der Waals surface area contributed by atoms with Crippen LogP contribution >= 0.6 is 0 Å². The molecule has 0 fully saturated rings. The molecule has 0 aliphatic heterocycles. The molecule has 0 aromatic heterocycles. The van der Waals surface area contributed by atoms with Gasteiger partial charge < -0.3 is 10.4 Å². The first-order valence-electron chi connectivity index (χ1n) is 5.05. The van der Waals surface area contributed by atoms with E-state index in [1.807, 2.05) is 6.92 Å². The third-order valence-corrected chi connectivity index (χ3v) is 2.20. The van der Waals surface area contributed by atoms with Crippen LogP contribution in [0.3, 0.4) is 0 Å². The fourth-order valence-electron chi connectivity index (χ4n) is 1.17. The molecule has 3 heteroatoms. The van der Waals surface area contributed by atoms with E-state index in [0.717, 1.165) is 12.8 Å². The second-order valence-electron chi connectivity index (χ2n) is 3.29. The minimum atomic E-state index is -0.000611. The largest absolute Gasteiger partial charge is 0.396 e. The SMILES string of the molecule is C#CCCC(=O)NCC(CC)CCO. The number of rotatable bonds is 7. The quantitative estimate of drug-likeness (QED) is 0.596. The number of hydrogen-bond acceptors (Lipinski definition) is 2. The summed E-state index contributed by atoms with van der Waals surface area (Å²) in [6, 6.07) is 0. The van der Waals surface area contributed by atoms with Gasteiger partial charge in [0.05, 0.1) is 0 Å². The zero-order valence-corrected chi connectivity index (χ0v) is 8.75. The van der Waals surface area contributed by atoms with Gasteiger partial charge in [-0.2, -0.15) is 0 Å². The van der Waals surface area contributed by atoms with Crippen molar-refractivity contribution in [3.8, 4) is 12.3 Å². The van der Waals surface area contributed by atoms with E-state index in [9.17, 15) is 4.79 Å². The predicted molar refractivity (Wildman–Crippen MR) is 56.6 cm³/mol. The van der Waals surface area contributed by atoms with E-state index in [-0.39, 0.29) is 12.5 Å². The van der Waals surface area contributed by atoms with Gasteiger partial charge in [0.25, 0.3) is 0 Å². The van der Waals surface area contributed by atoms with Crippen LogP contribution in [0.4, 0.5) is 0 Å². The molecule has 2 N–H and O–H groups in total. The van der Waals surface area contributed by atoms with E-state index in [2.05, 4.69) is 11.2 Å². The molecule has 3 nitrogen and oxygen atoms in total. The zero-order chi connectivity index (χ0) is 10.8. The van der Waals surface area contributed by atoms with Crippen molar-refractivity contribution < 1.29 is 9.90 Å². The first-order valence-corrected chi connectivity index (χ1v) is 5.05. The van der Waals surface area contributed by atoms with Crippen molar-refractivity contribution in [2.45, 2.75) is 32.6 Å². The lowest BCUT2D eigenvalue weighted by atomic mass is 10.0. The van der Waals surface area contributed by atoms with Crippen LogP contribution in [0.1, 0.15) is 32.6 Å². The van der Waals surface area contributed by atoms with Gasteiger partial charge >= 0.3 is 0 Å². The number of carbonyl (C=O) groups is 1. The topological polar surface area (TPSA) is 49.3 Å². The lowest BCUT2D eigenvalue weighted by Gasteiger charge is -2.13. The highest BCUT2D eigenvalue weighted by Crippen LogP contribution is 2.05. The Bertz CT molecular complexity index is 196. The van der Waals surface area contributed by atoms with Crippen LogP contribution in [0, 0.1) is 18.3 Å². The van der Waals surface area contributed by atoms with Gasteiger partial charge in [-0.25, -0.2) is 0 Å². The van der Waals surface area contributed by atoms with Crippen molar-refractivity contribution in [2.24, 2.45) is 5.92 Å². The summed E-state index contributed by atoms with van der Waals surface area (Å²) in [5, 5.41) is 11.5. The second kappa shape index (κ2) is 8.58. The molecule has 0 saturated heterocycles. The Kier molecular flexibility index (Phi) is 7.96. The lowest BCUT2D eigenvalue weighted by Crippen LogP contribution is -2.29. The van der Waals surface area contributed by atoms with Crippen molar-refractivity contribution in [3.05, 3.63) is 0 Å². The van der Waals surface area contributed by atoms with E-state index in [1.165, 1.54) is 0 Å². The molecule has 1 atom stereocenters. The number of amides is 1. The average Bonchev–Trinajstić information content (AvgIpc) is 2.21. The van der Waals surface area contributed by atoms with E-state index in [4.69, 9.17) is 11.5 Å². The zero-order valence-electron chi connectivity index (χ0n) is 8.75. The Labute approximate surface area is 85.9 Å². The normalized spacial score (nSPS) is 11.8. The highest BCUT2D eigenvalue weighted by atomic mass is 16.3. The molecule has 0 rings (SSSR count). The van der Waals surface area contributed by atoms with Crippen molar-refractivity contribution in [3.63, 3.8) is 0 Å². The molecular formula is C11H19NO2. The molecule has 0 aromatic carbocycles. The molecule has 0 aromatic rings. The molecule has 14 heavy (non-hydrogen) atoms. The summed E-state index contributed by atoms with van der Waals surface area (Å²) in [7, 11) is 0. The number of terminal acetylenes is 1. The van der Waals surface area contributed by atoms with Gasteiger partial charge in [-0.05, 0) is 12.3 Å². The van der Waals surface area contributed by atoms with Gasteiger partial charge in [0, 0.05) is 26.0 Å². The fraction of sp³-hybridized carbons (Fsp3) is 0.727. The van der Waals surface area contributed by atoms with Crippen molar-refractivity contribution in [1.82, 2.24) is 5.32 Å². The molecule has 0 heterocycles. The summed E-state index contributed by atoms with van der Waals surface area (Å²) < 4.78 is 0. The fourth-order valence-corrected chi connectivity index (χ4v) is 1.17. The molecule has 80 valence electrons. The first-order chi connectivity index (χ1) is 6.74.